The molecule has 0 saturated heterocycles. The standard InChI is InChI=1S/C6H10O6P2/c7-5(8)3-1-2-4-6(13(9)10)14(11)12/h6H,1-4H2,(H-2,7,8,9,10,11,12)/p+2. The Morgan fingerprint density at radius 1 is 1.14 bits per heavy atom. The molecule has 8 heteroatoms. The average molecular weight is 242 g/mol. The normalized spacial score (nSPS) is 14.7. The van der Waals surface area contributed by atoms with Gasteiger partial charge in [0, 0.05) is 12.8 Å². The van der Waals surface area contributed by atoms with E-state index >= 15 is 0 Å². The molecule has 0 rings (SSSR count). The Labute approximate surface area is 82.7 Å². The van der Waals surface area contributed by atoms with Gasteiger partial charge in [-0.05, 0) is 22.0 Å². The highest BCUT2D eigenvalue weighted by molar-refractivity contribution is 7.57. The zero-order valence-corrected chi connectivity index (χ0v) is 9.16. The van der Waals surface area contributed by atoms with E-state index in [0.717, 1.165) is 0 Å². The Morgan fingerprint density at radius 2 is 1.64 bits per heavy atom. The van der Waals surface area contributed by atoms with E-state index in [9.17, 15) is 13.9 Å². The van der Waals surface area contributed by atoms with Gasteiger partial charge < -0.3 is 5.11 Å². The maximum absolute atomic E-state index is 10.6. The maximum atomic E-state index is 10.6. The first-order chi connectivity index (χ1) is 6.45. The van der Waals surface area contributed by atoms with E-state index in [1.807, 2.05) is 0 Å². The van der Waals surface area contributed by atoms with E-state index in [-0.39, 0.29) is 12.8 Å². The van der Waals surface area contributed by atoms with Gasteiger partial charge >= 0.3 is 27.4 Å². The Bertz CT molecular complexity index is 226. The van der Waals surface area contributed by atoms with E-state index in [2.05, 4.69) is 0 Å². The Hall–Kier alpha value is -0.410. The van der Waals surface area contributed by atoms with Crippen LogP contribution in [-0.2, 0) is 13.9 Å². The number of aliphatic carboxylic acids is 1. The summed E-state index contributed by atoms with van der Waals surface area (Å²) in [4.78, 5) is 27.4. The molecule has 0 fully saturated rings. The van der Waals surface area contributed by atoms with Gasteiger partial charge in [0.05, 0.1) is 0 Å². The van der Waals surface area contributed by atoms with Crippen LogP contribution in [0.5, 0.6) is 0 Å². The molecule has 0 aliphatic rings. The van der Waals surface area contributed by atoms with Gasteiger partial charge in [0.15, 0.2) is 0 Å². The first kappa shape index (κ1) is 13.6. The van der Waals surface area contributed by atoms with Crippen molar-refractivity contribution in [1.82, 2.24) is 0 Å². The van der Waals surface area contributed by atoms with Crippen LogP contribution in [0.4, 0.5) is 0 Å². The molecule has 6 nitrogen and oxygen atoms in total. The smallest absolute Gasteiger partial charge is 0.481 e. The van der Waals surface area contributed by atoms with E-state index in [1.54, 1.807) is 0 Å². The topological polar surface area (TPSA) is 112 Å². The molecule has 0 aromatic carbocycles. The molecule has 0 aromatic heterocycles. The molecule has 2 unspecified atom stereocenters. The maximum Gasteiger partial charge on any atom is 0.564 e. The Morgan fingerprint density at radius 3 is 2.00 bits per heavy atom. The minimum absolute atomic E-state index is 0.0306. The highest BCUT2D eigenvalue weighted by atomic mass is 31.2. The van der Waals surface area contributed by atoms with Crippen LogP contribution in [0, 0.1) is 0 Å². The lowest BCUT2D eigenvalue weighted by molar-refractivity contribution is -0.137. The molecule has 0 bridgehead atoms. The van der Waals surface area contributed by atoms with Gasteiger partial charge in [-0.2, -0.15) is 9.79 Å². The highest BCUT2D eigenvalue weighted by Gasteiger charge is 2.46. The molecule has 3 N–H and O–H groups in total. The van der Waals surface area contributed by atoms with Crippen LogP contribution in [0.1, 0.15) is 25.7 Å². The number of rotatable bonds is 7. The second kappa shape index (κ2) is 6.96. The molecule has 0 radical (unpaired) electrons. The molecule has 0 spiro atoms. The summed E-state index contributed by atoms with van der Waals surface area (Å²) in [6.07, 6.45) is 0.778. The lowest BCUT2D eigenvalue weighted by Gasteiger charge is -1.93. The van der Waals surface area contributed by atoms with Gasteiger partial charge in [0.1, 0.15) is 0 Å². The fourth-order valence-corrected chi connectivity index (χ4v) is 2.39. The lowest BCUT2D eigenvalue weighted by Crippen LogP contribution is -1.98. The molecule has 80 valence electrons. The van der Waals surface area contributed by atoms with Crippen molar-refractivity contribution in [3.8, 4) is 0 Å². The van der Waals surface area contributed by atoms with Gasteiger partial charge in [-0.1, -0.05) is 0 Å². The van der Waals surface area contributed by atoms with Crippen molar-refractivity contribution in [3.05, 3.63) is 0 Å². The summed E-state index contributed by atoms with van der Waals surface area (Å²) in [6, 6.07) is 0. The van der Waals surface area contributed by atoms with E-state index in [1.165, 1.54) is 0 Å². The van der Waals surface area contributed by atoms with Gasteiger partial charge in [0.2, 0.25) is 0 Å². The molecule has 0 saturated carbocycles. The lowest BCUT2D eigenvalue weighted by atomic mass is 10.2. The monoisotopic (exact) mass is 242 g/mol. The van der Waals surface area contributed by atoms with Gasteiger partial charge in [-0.15, -0.1) is 0 Å². The molecule has 0 aliphatic heterocycles. The van der Waals surface area contributed by atoms with Crippen molar-refractivity contribution >= 4 is 22.0 Å². The second-order valence-electron chi connectivity index (χ2n) is 2.73. The number of unbranched alkanes of at least 4 members (excludes halogenated alkanes) is 1. The predicted molar refractivity (Wildman–Crippen MR) is 49.5 cm³/mol. The number of carboxylic acids is 1. The van der Waals surface area contributed by atoms with Crippen molar-refractivity contribution in [2.75, 3.05) is 0 Å². The molecular formula is C6H12O6P2+2. The Kier molecular flexibility index (Phi) is 6.75. The summed E-state index contributed by atoms with van der Waals surface area (Å²) in [5.74, 6) is -0.941. The van der Waals surface area contributed by atoms with E-state index in [4.69, 9.17) is 14.9 Å². The molecule has 2 atom stereocenters. The van der Waals surface area contributed by atoms with Crippen molar-refractivity contribution in [3.63, 3.8) is 0 Å². The van der Waals surface area contributed by atoms with Crippen LogP contribution in [0.2, 0.25) is 0 Å². The van der Waals surface area contributed by atoms with Gasteiger partial charge in [0.25, 0.3) is 0 Å². The predicted octanol–water partition coefficient (Wildman–Crippen LogP) is 1.43. The van der Waals surface area contributed by atoms with Crippen molar-refractivity contribution < 1.29 is 28.8 Å². The minimum atomic E-state index is -2.67. The third kappa shape index (κ3) is 6.11. The summed E-state index contributed by atoms with van der Waals surface area (Å²) < 4.78 is 21.1. The number of hydrogen-bond donors (Lipinski definition) is 3. The molecular weight excluding hydrogens is 230 g/mol. The molecule has 0 heterocycles. The van der Waals surface area contributed by atoms with Crippen LogP contribution in [-0.4, -0.2) is 26.3 Å². The number of carboxylic acid groups (broad SMARTS) is 1. The largest absolute Gasteiger partial charge is 0.564 e. The molecule has 0 aromatic rings. The van der Waals surface area contributed by atoms with E-state index in [0.29, 0.717) is 12.8 Å². The second-order valence-corrected chi connectivity index (χ2v) is 5.59. The van der Waals surface area contributed by atoms with Crippen molar-refractivity contribution in [2.24, 2.45) is 0 Å². The van der Waals surface area contributed by atoms with Crippen LogP contribution in [0.15, 0.2) is 0 Å². The average Bonchev–Trinajstić information content (AvgIpc) is 2.01. The quantitative estimate of drug-likeness (QED) is 0.459. The summed E-state index contributed by atoms with van der Waals surface area (Å²) >= 11 is 0. The Balaban J connectivity index is 3.78. The summed E-state index contributed by atoms with van der Waals surface area (Å²) in [6.45, 7) is 0. The van der Waals surface area contributed by atoms with Crippen LogP contribution in [0.3, 0.4) is 0 Å². The first-order valence-corrected chi connectivity index (χ1v) is 6.53. The van der Waals surface area contributed by atoms with Crippen LogP contribution < -0.4 is 0 Å². The third-order valence-corrected chi connectivity index (χ3v) is 4.33. The van der Waals surface area contributed by atoms with Gasteiger partial charge in [-0.3, -0.25) is 4.79 Å². The SMILES string of the molecule is O=C(O)CCCCC([P+](=O)O)[P+](=O)O. The van der Waals surface area contributed by atoms with Crippen molar-refractivity contribution in [1.29, 1.82) is 0 Å². The molecule has 0 amide bonds. The highest BCUT2D eigenvalue weighted by Crippen LogP contribution is 2.42. The molecule has 14 heavy (non-hydrogen) atoms. The number of carbonyl (C=O) groups is 1. The van der Waals surface area contributed by atoms with Crippen LogP contribution >= 0.6 is 16.1 Å². The third-order valence-electron chi connectivity index (χ3n) is 1.61. The zero-order chi connectivity index (χ0) is 11.1. The van der Waals surface area contributed by atoms with Crippen molar-refractivity contribution in [2.45, 2.75) is 31.1 Å². The zero-order valence-electron chi connectivity index (χ0n) is 7.37. The van der Waals surface area contributed by atoms with Gasteiger partial charge in [-0.25, -0.2) is 0 Å². The number of hydrogen-bond acceptors (Lipinski definition) is 3. The summed E-state index contributed by atoms with van der Waals surface area (Å²) in [5.41, 5.74) is 0. The van der Waals surface area contributed by atoms with E-state index < -0.39 is 27.4 Å². The fourth-order valence-electron chi connectivity index (χ4n) is 0.909. The summed E-state index contributed by atoms with van der Waals surface area (Å²) in [7, 11) is -5.33. The first-order valence-electron chi connectivity index (χ1n) is 3.97. The van der Waals surface area contributed by atoms with Crippen LogP contribution in [0.25, 0.3) is 0 Å². The minimum Gasteiger partial charge on any atom is -0.481 e. The summed E-state index contributed by atoms with van der Waals surface area (Å²) in [5, 5.41) is 7.15. The molecule has 0 aliphatic carbocycles. The fraction of sp³-hybridized carbons (Fsp3) is 0.833.